The van der Waals surface area contributed by atoms with Crippen molar-refractivity contribution in [1.82, 2.24) is 19.9 Å². The Labute approximate surface area is 141 Å². The van der Waals surface area contributed by atoms with E-state index < -0.39 is 0 Å². The number of hydrogen-bond donors (Lipinski definition) is 2. The average Bonchev–Trinajstić information content (AvgIpc) is 3.03. The normalized spacial score (nSPS) is 21.1. The number of imidazole rings is 1. The van der Waals surface area contributed by atoms with Gasteiger partial charge in [-0.2, -0.15) is 0 Å². The van der Waals surface area contributed by atoms with Crippen LogP contribution in [0.2, 0.25) is 0 Å². The topological polar surface area (TPSA) is 80.0 Å². The van der Waals surface area contributed by atoms with Crippen molar-refractivity contribution in [3.8, 4) is 0 Å². The molecule has 0 aliphatic heterocycles. The van der Waals surface area contributed by atoms with Crippen LogP contribution in [-0.2, 0) is 17.8 Å². The van der Waals surface area contributed by atoms with Crippen molar-refractivity contribution in [2.24, 2.45) is 5.92 Å². The van der Waals surface area contributed by atoms with E-state index in [0.717, 1.165) is 17.9 Å². The molecule has 6 nitrogen and oxygen atoms in total. The van der Waals surface area contributed by atoms with Gasteiger partial charge in [-0.25, -0.2) is 4.98 Å². The number of aryl methyl sites for hydroxylation is 2. The number of nitrogens with zero attached hydrogens (tertiary/aromatic N) is 3. The molecular formula is C18H24N4O2. The standard InChI is InChI=1S/C18H24N4O2/c1-2-16-20-8-10-22(16)9-6-17(24)21-18(13-11-14(23)12-13)15-5-3-4-7-19-15/h3-5,7-8,10,13-14,18,23H,2,6,9,11-12H2,1H3,(H,21,24)/t13?,14?,18-/m1/s1. The van der Waals surface area contributed by atoms with E-state index in [9.17, 15) is 9.90 Å². The van der Waals surface area contributed by atoms with Gasteiger partial charge in [0.1, 0.15) is 5.82 Å². The molecule has 3 rings (SSSR count). The first kappa shape index (κ1) is 16.6. The number of rotatable bonds is 7. The highest BCUT2D eigenvalue weighted by molar-refractivity contribution is 5.76. The Morgan fingerprint density at radius 1 is 1.38 bits per heavy atom. The molecule has 1 aliphatic carbocycles. The molecule has 0 saturated heterocycles. The van der Waals surface area contributed by atoms with E-state index in [1.54, 1.807) is 12.4 Å². The molecular weight excluding hydrogens is 304 g/mol. The summed E-state index contributed by atoms with van der Waals surface area (Å²) in [6.07, 6.45) is 7.84. The molecule has 1 saturated carbocycles. The van der Waals surface area contributed by atoms with Crippen LogP contribution in [0.1, 0.15) is 43.7 Å². The van der Waals surface area contributed by atoms with Gasteiger partial charge in [-0.05, 0) is 30.9 Å². The van der Waals surface area contributed by atoms with Crippen LogP contribution in [0.25, 0.3) is 0 Å². The highest BCUT2D eigenvalue weighted by Crippen LogP contribution is 2.37. The van der Waals surface area contributed by atoms with Gasteiger partial charge in [0.15, 0.2) is 0 Å². The smallest absolute Gasteiger partial charge is 0.222 e. The zero-order chi connectivity index (χ0) is 16.9. The number of hydrogen-bond acceptors (Lipinski definition) is 4. The third kappa shape index (κ3) is 3.82. The van der Waals surface area contributed by atoms with Crippen molar-refractivity contribution in [3.63, 3.8) is 0 Å². The van der Waals surface area contributed by atoms with Crippen molar-refractivity contribution >= 4 is 5.91 Å². The van der Waals surface area contributed by atoms with E-state index in [2.05, 4.69) is 22.2 Å². The van der Waals surface area contributed by atoms with E-state index >= 15 is 0 Å². The molecule has 128 valence electrons. The molecule has 0 radical (unpaired) electrons. The number of carbonyl (C=O) groups is 1. The quantitative estimate of drug-likeness (QED) is 0.813. The Morgan fingerprint density at radius 3 is 2.88 bits per heavy atom. The van der Waals surface area contributed by atoms with E-state index in [1.807, 2.05) is 29.0 Å². The Kier molecular flexibility index (Phi) is 5.25. The summed E-state index contributed by atoms with van der Waals surface area (Å²) in [4.78, 5) is 21.1. The number of aliphatic hydroxyl groups is 1. The number of amides is 1. The van der Waals surface area contributed by atoms with Gasteiger partial charge >= 0.3 is 0 Å². The molecule has 1 fully saturated rings. The van der Waals surface area contributed by atoms with Crippen molar-refractivity contribution in [2.75, 3.05) is 0 Å². The minimum Gasteiger partial charge on any atom is -0.393 e. The fraction of sp³-hybridized carbons (Fsp3) is 0.500. The van der Waals surface area contributed by atoms with Crippen LogP contribution < -0.4 is 5.32 Å². The molecule has 1 atom stereocenters. The molecule has 2 aromatic heterocycles. The number of carbonyl (C=O) groups excluding carboxylic acids is 1. The van der Waals surface area contributed by atoms with Crippen LogP contribution in [0, 0.1) is 5.92 Å². The van der Waals surface area contributed by atoms with Gasteiger partial charge in [-0.1, -0.05) is 13.0 Å². The number of aliphatic hydroxyl groups excluding tert-OH is 1. The van der Waals surface area contributed by atoms with E-state index in [0.29, 0.717) is 25.8 Å². The summed E-state index contributed by atoms with van der Waals surface area (Å²) in [5.41, 5.74) is 0.861. The number of aromatic nitrogens is 3. The predicted molar refractivity (Wildman–Crippen MR) is 90.1 cm³/mol. The zero-order valence-corrected chi connectivity index (χ0v) is 13.9. The lowest BCUT2D eigenvalue weighted by atomic mass is 9.76. The third-order valence-corrected chi connectivity index (χ3v) is 4.64. The van der Waals surface area contributed by atoms with Crippen LogP contribution in [0.15, 0.2) is 36.8 Å². The molecule has 2 N–H and O–H groups in total. The Hall–Kier alpha value is -2.21. The van der Waals surface area contributed by atoms with E-state index in [-0.39, 0.29) is 24.0 Å². The van der Waals surface area contributed by atoms with Crippen molar-refractivity contribution < 1.29 is 9.90 Å². The molecule has 0 aromatic carbocycles. The van der Waals surface area contributed by atoms with Crippen LogP contribution >= 0.6 is 0 Å². The largest absolute Gasteiger partial charge is 0.393 e. The lowest BCUT2D eigenvalue weighted by molar-refractivity contribution is -0.123. The van der Waals surface area contributed by atoms with Crippen LogP contribution in [0.4, 0.5) is 0 Å². The Bertz CT molecular complexity index is 665. The zero-order valence-electron chi connectivity index (χ0n) is 13.9. The highest BCUT2D eigenvalue weighted by Gasteiger charge is 2.36. The minimum atomic E-state index is -0.254. The second kappa shape index (κ2) is 7.57. The average molecular weight is 328 g/mol. The molecule has 2 heterocycles. The van der Waals surface area contributed by atoms with Gasteiger partial charge in [0, 0.05) is 38.0 Å². The SMILES string of the molecule is CCc1nccn1CCC(=O)N[C@@H](c1ccccn1)C1CC(O)C1. The molecule has 1 amide bonds. The molecule has 6 heteroatoms. The molecule has 1 aliphatic rings. The molecule has 0 bridgehead atoms. The summed E-state index contributed by atoms with van der Waals surface area (Å²) in [5, 5.41) is 12.7. The maximum absolute atomic E-state index is 12.4. The van der Waals surface area contributed by atoms with Gasteiger partial charge in [0.2, 0.25) is 5.91 Å². The van der Waals surface area contributed by atoms with Gasteiger partial charge in [-0.15, -0.1) is 0 Å². The monoisotopic (exact) mass is 328 g/mol. The van der Waals surface area contributed by atoms with Crippen molar-refractivity contribution in [3.05, 3.63) is 48.3 Å². The Balaban J connectivity index is 1.61. The van der Waals surface area contributed by atoms with Crippen molar-refractivity contribution in [2.45, 2.75) is 51.3 Å². The first-order chi connectivity index (χ1) is 11.7. The molecule has 0 spiro atoms. The van der Waals surface area contributed by atoms with Crippen LogP contribution in [0.3, 0.4) is 0 Å². The highest BCUT2D eigenvalue weighted by atomic mass is 16.3. The van der Waals surface area contributed by atoms with Crippen LogP contribution in [-0.4, -0.2) is 31.7 Å². The maximum atomic E-state index is 12.4. The predicted octanol–water partition coefficient (Wildman–Crippen LogP) is 1.86. The first-order valence-corrected chi connectivity index (χ1v) is 8.55. The number of pyridine rings is 1. The molecule has 0 unspecified atom stereocenters. The summed E-state index contributed by atoms with van der Waals surface area (Å²) < 4.78 is 2.02. The van der Waals surface area contributed by atoms with Gasteiger partial charge in [0.25, 0.3) is 0 Å². The van der Waals surface area contributed by atoms with E-state index in [1.165, 1.54) is 0 Å². The van der Waals surface area contributed by atoms with Gasteiger partial charge < -0.3 is 15.0 Å². The third-order valence-electron chi connectivity index (χ3n) is 4.64. The molecule has 24 heavy (non-hydrogen) atoms. The van der Waals surface area contributed by atoms with Gasteiger partial charge in [0.05, 0.1) is 17.8 Å². The van der Waals surface area contributed by atoms with Gasteiger partial charge in [-0.3, -0.25) is 9.78 Å². The first-order valence-electron chi connectivity index (χ1n) is 8.55. The fourth-order valence-corrected chi connectivity index (χ4v) is 3.22. The Morgan fingerprint density at radius 2 is 2.21 bits per heavy atom. The fourth-order valence-electron chi connectivity index (χ4n) is 3.22. The summed E-state index contributed by atoms with van der Waals surface area (Å²) in [7, 11) is 0. The summed E-state index contributed by atoms with van der Waals surface area (Å²) in [5.74, 6) is 1.24. The lowest BCUT2D eigenvalue weighted by Crippen LogP contribution is -2.42. The maximum Gasteiger partial charge on any atom is 0.222 e. The van der Waals surface area contributed by atoms with E-state index in [4.69, 9.17) is 0 Å². The second-order valence-electron chi connectivity index (χ2n) is 6.33. The number of nitrogens with one attached hydrogen (secondary N) is 1. The lowest BCUT2D eigenvalue weighted by Gasteiger charge is -2.37. The minimum absolute atomic E-state index is 0.00259. The summed E-state index contributed by atoms with van der Waals surface area (Å²) in [6, 6.07) is 5.59. The molecule has 2 aromatic rings. The second-order valence-corrected chi connectivity index (χ2v) is 6.33. The van der Waals surface area contributed by atoms with Crippen molar-refractivity contribution in [1.29, 1.82) is 0 Å². The summed E-state index contributed by atoms with van der Waals surface area (Å²) in [6.45, 7) is 2.68. The summed E-state index contributed by atoms with van der Waals surface area (Å²) >= 11 is 0. The van der Waals surface area contributed by atoms with Crippen LogP contribution in [0.5, 0.6) is 0 Å².